The zero-order valence-corrected chi connectivity index (χ0v) is 14.0. The highest BCUT2D eigenvalue weighted by molar-refractivity contribution is 6.30. The SMILES string of the molecule is COc1cc(OC)c2c(=O)cc(/C=C/c3ccc(Cl)cc3)oc2c1. The van der Waals surface area contributed by atoms with Gasteiger partial charge in [0.05, 0.1) is 14.2 Å². The van der Waals surface area contributed by atoms with E-state index in [0.717, 1.165) is 5.56 Å². The van der Waals surface area contributed by atoms with Crippen LogP contribution in [0.1, 0.15) is 11.3 Å². The minimum absolute atomic E-state index is 0.175. The van der Waals surface area contributed by atoms with Gasteiger partial charge in [-0.15, -0.1) is 0 Å². The summed E-state index contributed by atoms with van der Waals surface area (Å²) in [5.41, 5.74) is 1.19. The molecule has 5 heteroatoms. The Morgan fingerprint density at radius 3 is 2.42 bits per heavy atom. The second-order valence-corrected chi connectivity index (χ2v) is 5.54. The molecule has 0 fully saturated rings. The fraction of sp³-hybridized carbons (Fsp3) is 0.105. The molecular formula is C19H15ClO4. The van der Waals surface area contributed by atoms with E-state index in [1.807, 2.05) is 18.2 Å². The molecule has 0 atom stereocenters. The highest BCUT2D eigenvalue weighted by Crippen LogP contribution is 2.29. The van der Waals surface area contributed by atoms with E-state index in [4.69, 9.17) is 25.5 Å². The van der Waals surface area contributed by atoms with Gasteiger partial charge in [0.25, 0.3) is 0 Å². The van der Waals surface area contributed by atoms with Crippen molar-refractivity contribution in [1.82, 2.24) is 0 Å². The van der Waals surface area contributed by atoms with E-state index < -0.39 is 0 Å². The number of ether oxygens (including phenoxy) is 2. The van der Waals surface area contributed by atoms with E-state index in [1.54, 1.807) is 37.5 Å². The molecule has 1 aromatic heterocycles. The Bertz CT molecular complexity index is 956. The number of halogens is 1. The van der Waals surface area contributed by atoms with Gasteiger partial charge in [-0.2, -0.15) is 0 Å². The van der Waals surface area contributed by atoms with Crippen LogP contribution in [0.15, 0.2) is 51.7 Å². The minimum atomic E-state index is -0.175. The fourth-order valence-corrected chi connectivity index (χ4v) is 2.49. The average Bonchev–Trinajstić information content (AvgIpc) is 2.60. The van der Waals surface area contributed by atoms with Gasteiger partial charge in [0, 0.05) is 23.2 Å². The number of fused-ring (bicyclic) bond motifs is 1. The summed E-state index contributed by atoms with van der Waals surface area (Å²) in [4.78, 5) is 12.4. The largest absolute Gasteiger partial charge is 0.496 e. The van der Waals surface area contributed by atoms with Crippen LogP contribution in [0.2, 0.25) is 5.02 Å². The number of benzene rings is 2. The van der Waals surface area contributed by atoms with Crippen molar-refractivity contribution < 1.29 is 13.9 Å². The first-order valence-electron chi connectivity index (χ1n) is 7.24. The molecule has 0 amide bonds. The van der Waals surface area contributed by atoms with Crippen LogP contribution in [0.4, 0.5) is 0 Å². The summed E-state index contributed by atoms with van der Waals surface area (Å²) in [6.07, 6.45) is 3.58. The molecule has 122 valence electrons. The van der Waals surface area contributed by atoms with Gasteiger partial charge in [-0.3, -0.25) is 4.79 Å². The molecule has 0 saturated carbocycles. The molecule has 0 aliphatic heterocycles. The van der Waals surface area contributed by atoms with Crippen LogP contribution in [0, 0.1) is 0 Å². The van der Waals surface area contributed by atoms with Crippen LogP contribution in [0.25, 0.3) is 23.1 Å². The second kappa shape index (κ2) is 6.81. The maximum atomic E-state index is 12.4. The van der Waals surface area contributed by atoms with E-state index in [-0.39, 0.29) is 5.43 Å². The van der Waals surface area contributed by atoms with E-state index >= 15 is 0 Å². The third-order valence-electron chi connectivity index (χ3n) is 3.55. The van der Waals surface area contributed by atoms with Crippen molar-refractivity contribution in [2.45, 2.75) is 0 Å². The van der Waals surface area contributed by atoms with Gasteiger partial charge in [0.15, 0.2) is 5.43 Å². The summed E-state index contributed by atoms with van der Waals surface area (Å²) in [5, 5.41) is 1.06. The van der Waals surface area contributed by atoms with Gasteiger partial charge >= 0.3 is 0 Å². The molecule has 0 N–H and O–H groups in total. The van der Waals surface area contributed by atoms with Crippen molar-refractivity contribution in [2.75, 3.05) is 14.2 Å². The van der Waals surface area contributed by atoms with Gasteiger partial charge < -0.3 is 13.9 Å². The maximum Gasteiger partial charge on any atom is 0.197 e. The van der Waals surface area contributed by atoms with Crippen molar-refractivity contribution in [1.29, 1.82) is 0 Å². The molecule has 3 rings (SSSR count). The molecule has 0 spiro atoms. The molecule has 0 aliphatic carbocycles. The zero-order valence-electron chi connectivity index (χ0n) is 13.2. The third-order valence-corrected chi connectivity index (χ3v) is 3.80. The standard InChI is InChI=1S/C19H15ClO4/c1-22-15-10-17(23-2)19-16(21)9-14(24-18(19)11-15)8-5-12-3-6-13(20)7-4-12/h3-11H,1-2H3/b8-5+. The predicted molar refractivity (Wildman–Crippen MR) is 96.0 cm³/mol. The predicted octanol–water partition coefficient (Wildman–Crippen LogP) is 4.63. The van der Waals surface area contributed by atoms with Crippen LogP contribution in [-0.4, -0.2) is 14.2 Å². The lowest BCUT2D eigenvalue weighted by molar-refractivity contribution is 0.396. The Morgan fingerprint density at radius 2 is 1.75 bits per heavy atom. The summed E-state index contributed by atoms with van der Waals surface area (Å²) in [6, 6.07) is 12.1. The fourth-order valence-electron chi connectivity index (χ4n) is 2.36. The number of rotatable bonds is 4. The number of hydrogen-bond donors (Lipinski definition) is 0. The highest BCUT2D eigenvalue weighted by Gasteiger charge is 2.11. The topological polar surface area (TPSA) is 48.7 Å². The summed E-state index contributed by atoms with van der Waals surface area (Å²) < 4.78 is 16.3. The average molecular weight is 343 g/mol. The van der Waals surface area contributed by atoms with Crippen LogP contribution in [-0.2, 0) is 0 Å². The Labute approximate surface area is 143 Å². The minimum Gasteiger partial charge on any atom is -0.496 e. The Balaban J connectivity index is 2.06. The van der Waals surface area contributed by atoms with Gasteiger partial charge in [0.1, 0.15) is 28.2 Å². The summed E-state index contributed by atoms with van der Waals surface area (Å²) in [6.45, 7) is 0. The molecular weight excluding hydrogens is 328 g/mol. The molecule has 4 nitrogen and oxygen atoms in total. The summed E-state index contributed by atoms with van der Waals surface area (Å²) in [7, 11) is 3.05. The third kappa shape index (κ3) is 3.29. The van der Waals surface area contributed by atoms with Gasteiger partial charge in [-0.1, -0.05) is 29.8 Å². The monoisotopic (exact) mass is 342 g/mol. The summed E-state index contributed by atoms with van der Waals surface area (Å²) in [5.74, 6) is 1.42. The first kappa shape index (κ1) is 16.1. The van der Waals surface area contributed by atoms with Gasteiger partial charge in [-0.05, 0) is 23.8 Å². The van der Waals surface area contributed by atoms with Crippen LogP contribution < -0.4 is 14.9 Å². The van der Waals surface area contributed by atoms with Crippen molar-refractivity contribution in [3.05, 3.63) is 69.0 Å². The van der Waals surface area contributed by atoms with E-state index in [1.165, 1.54) is 13.2 Å². The number of hydrogen-bond acceptors (Lipinski definition) is 4. The van der Waals surface area contributed by atoms with Crippen LogP contribution >= 0.6 is 11.6 Å². The highest BCUT2D eigenvalue weighted by atomic mass is 35.5. The molecule has 0 bridgehead atoms. The molecule has 3 aromatic rings. The first-order valence-corrected chi connectivity index (χ1v) is 7.62. The quantitative estimate of drug-likeness (QED) is 0.693. The lowest BCUT2D eigenvalue weighted by atomic mass is 10.1. The van der Waals surface area contributed by atoms with Crippen molar-refractivity contribution >= 4 is 34.7 Å². The Morgan fingerprint density at radius 1 is 1.00 bits per heavy atom. The van der Waals surface area contributed by atoms with Crippen molar-refractivity contribution in [2.24, 2.45) is 0 Å². The molecule has 0 radical (unpaired) electrons. The van der Waals surface area contributed by atoms with Crippen LogP contribution in [0.5, 0.6) is 11.5 Å². The van der Waals surface area contributed by atoms with Crippen molar-refractivity contribution in [3.8, 4) is 11.5 Å². The summed E-state index contributed by atoms with van der Waals surface area (Å²) >= 11 is 5.86. The molecule has 0 saturated heterocycles. The molecule has 0 aliphatic rings. The lowest BCUT2D eigenvalue weighted by Gasteiger charge is -2.08. The molecule has 2 aromatic carbocycles. The normalized spacial score (nSPS) is 11.1. The number of methoxy groups -OCH3 is 2. The van der Waals surface area contributed by atoms with E-state index in [0.29, 0.717) is 33.3 Å². The zero-order chi connectivity index (χ0) is 17.1. The van der Waals surface area contributed by atoms with Gasteiger partial charge in [0.2, 0.25) is 0 Å². The smallest absolute Gasteiger partial charge is 0.197 e. The molecule has 24 heavy (non-hydrogen) atoms. The van der Waals surface area contributed by atoms with E-state index in [9.17, 15) is 4.79 Å². The lowest BCUT2D eigenvalue weighted by Crippen LogP contribution is -2.03. The maximum absolute atomic E-state index is 12.4. The molecule has 0 unspecified atom stereocenters. The second-order valence-electron chi connectivity index (χ2n) is 5.10. The van der Waals surface area contributed by atoms with E-state index in [2.05, 4.69) is 0 Å². The Hall–Kier alpha value is -2.72. The van der Waals surface area contributed by atoms with Crippen molar-refractivity contribution in [3.63, 3.8) is 0 Å². The van der Waals surface area contributed by atoms with Gasteiger partial charge in [-0.25, -0.2) is 0 Å². The first-order chi connectivity index (χ1) is 11.6. The molecule has 1 heterocycles. The van der Waals surface area contributed by atoms with Crippen LogP contribution in [0.3, 0.4) is 0 Å². The Kier molecular flexibility index (Phi) is 4.58.